The molecule has 0 fully saturated rings. The molecule has 1 unspecified atom stereocenters. The van der Waals surface area contributed by atoms with Gasteiger partial charge in [0.2, 0.25) is 0 Å². The summed E-state index contributed by atoms with van der Waals surface area (Å²) in [5.41, 5.74) is 2.26. The van der Waals surface area contributed by atoms with Gasteiger partial charge in [-0.3, -0.25) is 0 Å². The molecule has 1 N–H and O–H groups in total. The molecule has 1 atom stereocenters. The standard InChI is InChI=1S/C16H23NO2/c1-4-15-14(10-17-12(3)11-18-5-2)13-8-6-7-9-16(13)19-15/h6-9,12,17H,4-5,10-11H2,1-3H3. The molecular formula is C16H23NO2. The van der Waals surface area contributed by atoms with Crippen LogP contribution in [0.15, 0.2) is 28.7 Å². The van der Waals surface area contributed by atoms with E-state index in [9.17, 15) is 0 Å². The summed E-state index contributed by atoms with van der Waals surface area (Å²) in [6, 6.07) is 8.58. The van der Waals surface area contributed by atoms with Crippen molar-refractivity contribution in [2.24, 2.45) is 0 Å². The third-order valence-electron chi connectivity index (χ3n) is 3.30. The van der Waals surface area contributed by atoms with Gasteiger partial charge in [0.15, 0.2) is 0 Å². The van der Waals surface area contributed by atoms with Gasteiger partial charge in [0.1, 0.15) is 11.3 Å². The highest BCUT2D eigenvalue weighted by molar-refractivity contribution is 5.82. The lowest BCUT2D eigenvalue weighted by Crippen LogP contribution is -2.30. The van der Waals surface area contributed by atoms with Crippen LogP contribution in [0.4, 0.5) is 0 Å². The van der Waals surface area contributed by atoms with Crippen LogP contribution in [0.1, 0.15) is 32.1 Å². The average molecular weight is 261 g/mol. The van der Waals surface area contributed by atoms with Gasteiger partial charge in [-0.1, -0.05) is 25.1 Å². The van der Waals surface area contributed by atoms with Gasteiger partial charge in [-0.15, -0.1) is 0 Å². The van der Waals surface area contributed by atoms with Crippen LogP contribution in [-0.4, -0.2) is 19.3 Å². The maximum absolute atomic E-state index is 5.89. The molecule has 0 saturated heterocycles. The molecule has 2 rings (SSSR count). The molecule has 3 heteroatoms. The van der Waals surface area contributed by atoms with E-state index in [1.807, 2.05) is 19.1 Å². The van der Waals surface area contributed by atoms with Crippen LogP contribution in [0, 0.1) is 0 Å². The fraction of sp³-hybridized carbons (Fsp3) is 0.500. The summed E-state index contributed by atoms with van der Waals surface area (Å²) in [5.74, 6) is 1.08. The van der Waals surface area contributed by atoms with Gasteiger partial charge in [0.25, 0.3) is 0 Å². The molecule has 0 aliphatic carbocycles. The monoisotopic (exact) mass is 261 g/mol. The minimum absolute atomic E-state index is 0.346. The number of nitrogens with one attached hydrogen (secondary N) is 1. The molecule has 1 aromatic heterocycles. The lowest BCUT2D eigenvalue weighted by atomic mass is 10.1. The van der Waals surface area contributed by atoms with Crippen molar-refractivity contribution in [1.29, 1.82) is 0 Å². The van der Waals surface area contributed by atoms with Crippen molar-refractivity contribution in [2.75, 3.05) is 13.2 Å². The maximum Gasteiger partial charge on any atom is 0.134 e. The minimum Gasteiger partial charge on any atom is -0.461 e. The number of para-hydroxylation sites is 1. The molecule has 0 bridgehead atoms. The van der Waals surface area contributed by atoms with Crippen LogP contribution >= 0.6 is 0 Å². The van der Waals surface area contributed by atoms with Crippen LogP contribution in [0.25, 0.3) is 11.0 Å². The highest BCUT2D eigenvalue weighted by Gasteiger charge is 2.13. The molecule has 1 aromatic carbocycles. The van der Waals surface area contributed by atoms with Gasteiger partial charge in [-0.2, -0.15) is 0 Å². The number of hydrogen-bond acceptors (Lipinski definition) is 3. The van der Waals surface area contributed by atoms with Crippen LogP contribution in [0.3, 0.4) is 0 Å². The first kappa shape index (κ1) is 14.1. The Kier molecular flexibility index (Phi) is 5.00. The van der Waals surface area contributed by atoms with Crippen LogP contribution in [0.5, 0.6) is 0 Å². The first-order chi connectivity index (χ1) is 9.26. The molecule has 0 spiro atoms. The second-order valence-corrected chi connectivity index (χ2v) is 4.79. The Balaban J connectivity index is 2.10. The van der Waals surface area contributed by atoms with Crippen LogP contribution in [0.2, 0.25) is 0 Å². The molecule has 0 amide bonds. The second-order valence-electron chi connectivity index (χ2n) is 4.79. The van der Waals surface area contributed by atoms with E-state index in [4.69, 9.17) is 9.15 Å². The molecule has 0 aliphatic rings. The Bertz CT molecular complexity index is 518. The molecule has 0 aliphatic heterocycles. The third kappa shape index (κ3) is 3.37. The number of rotatable bonds is 7. The van der Waals surface area contributed by atoms with Crippen molar-refractivity contribution < 1.29 is 9.15 Å². The van der Waals surface area contributed by atoms with Gasteiger partial charge >= 0.3 is 0 Å². The Labute approximate surface area is 114 Å². The Morgan fingerprint density at radius 3 is 2.79 bits per heavy atom. The van der Waals surface area contributed by atoms with E-state index >= 15 is 0 Å². The van der Waals surface area contributed by atoms with Crippen LogP contribution < -0.4 is 5.32 Å². The summed E-state index contributed by atoms with van der Waals surface area (Å²) in [7, 11) is 0. The molecule has 0 radical (unpaired) electrons. The minimum atomic E-state index is 0.346. The van der Waals surface area contributed by atoms with E-state index in [-0.39, 0.29) is 0 Å². The van der Waals surface area contributed by atoms with Crippen molar-refractivity contribution in [3.63, 3.8) is 0 Å². The van der Waals surface area contributed by atoms with Crippen molar-refractivity contribution >= 4 is 11.0 Å². The van der Waals surface area contributed by atoms with Gasteiger partial charge in [0, 0.05) is 36.6 Å². The molecule has 3 nitrogen and oxygen atoms in total. The molecule has 104 valence electrons. The zero-order chi connectivity index (χ0) is 13.7. The lowest BCUT2D eigenvalue weighted by molar-refractivity contribution is 0.127. The number of furan rings is 1. The summed E-state index contributed by atoms with van der Waals surface area (Å²) >= 11 is 0. The number of fused-ring (bicyclic) bond motifs is 1. The molecule has 19 heavy (non-hydrogen) atoms. The third-order valence-corrected chi connectivity index (χ3v) is 3.30. The van der Waals surface area contributed by atoms with E-state index in [1.54, 1.807) is 0 Å². The summed E-state index contributed by atoms with van der Waals surface area (Å²) in [4.78, 5) is 0. The van der Waals surface area contributed by atoms with E-state index in [1.165, 1.54) is 10.9 Å². The molecule has 0 saturated carbocycles. The maximum atomic E-state index is 5.89. The zero-order valence-electron chi connectivity index (χ0n) is 12.0. The van der Waals surface area contributed by atoms with Gasteiger partial charge in [-0.05, 0) is 19.9 Å². The van der Waals surface area contributed by atoms with Crippen molar-refractivity contribution in [1.82, 2.24) is 5.32 Å². The van der Waals surface area contributed by atoms with E-state index in [0.717, 1.165) is 37.5 Å². The lowest BCUT2D eigenvalue weighted by Gasteiger charge is -2.13. The number of hydrogen-bond donors (Lipinski definition) is 1. The fourth-order valence-corrected chi connectivity index (χ4v) is 2.26. The number of aryl methyl sites for hydroxylation is 1. The van der Waals surface area contributed by atoms with E-state index in [0.29, 0.717) is 6.04 Å². The first-order valence-electron chi connectivity index (χ1n) is 7.06. The first-order valence-corrected chi connectivity index (χ1v) is 7.06. The normalized spacial score (nSPS) is 13.0. The predicted octanol–water partition coefficient (Wildman–Crippen LogP) is 3.51. The Hall–Kier alpha value is -1.32. The summed E-state index contributed by atoms with van der Waals surface area (Å²) in [6.07, 6.45) is 0.922. The average Bonchev–Trinajstić information content (AvgIpc) is 2.80. The highest BCUT2D eigenvalue weighted by Crippen LogP contribution is 2.26. The zero-order valence-corrected chi connectivity index (χ0v) is 12.0. The highest BCUT2D eigenvalue weighted by atomic mass is 16.5. The van der Waals surface area contributed by atoms with E-state index < -0.39 is 0 Å². The van der Waals surface area contributed by atoms with Gasteiger partial charge < -0.3 is 14.5 Å². The summed E-state index contributed by atoms with van der Waals surface area (Å²) < 4.78 is 11.3. The Morgan fingerprint density at radius 1 is 1.26 bits per heavy atom. The van der Waals surface area contributed by atoms with Gasteiger partial charge in [0.05, 0.1) is 6.61 Å². The smallest absolute Gasteiger partial charge is 0.134 e. The van der Waals surface area contributed by atoms with Crippen LogP contribution in [-0.2, 0) is 17.7 Å². The molecule has 1 heterocycles. The number of ether oxygens (including phenoxy) is 1. The summed E-state index contributed by atoms with van der Waals surface area (Å²) in [5, 5.41) is 4.72. The topological polar surface area (TPSA) is 34.4 Å². The van der Waals surface area contributed by atoms with Crippen molar-refractivity contribution in [3.05, 3.63) is 35.6 Å². The number of benzene rings is 1. The SMILES string of the molecule is CCOCC(C)NCc1c(CC)oc2ccccc12. The quantitative estimate of drug-likeness (QED) is 0.828. The second kappa shape index (κ2) is 6.73. The van der Waals surface area contributed by atoms with Gasteiger partial charge in [-0.25, -0.2) is 0 Å². The summed E-state index contributed by atoms with van der Waals surface area (Å²) in [6.45, 7) is 8.63. The van der Waals surface area contributed by atoms with E-state index in [2.05, 4.69) is 31.3 Å². The van der Waals surface area contributed by atoms with Crippen molar-refractivity contribution in [2.45, 2.75) is 39.8 Å². The Morgan fingerprint density at radius 2 is 2.05 bits per heavy atom. The molecule has 2 aromatic rings. The predicted molar refractivity (Wildman–Crippen MR) is 78.4 cm³/mol. The van der Waals surface area contributed by atoms with Crippen molar-refractivity contribution in [3.8, 4) is 0 Å². The largest absolute Gasteiger partial charge is 0.461 e. The fourth-order valence-electron chi connectivity index (χ4n) is 2.26. The molecular weight excluding hydrogens is 238 g/mol.